The van der Waals surface area contributed by atoms with Crippen LogP contribution in [0.1, 0.15) is 38.2 Å². The fraction of sp³-hybridized carbons (Fsp3) is 0.417. The lowest BCUT2D eigenvalue weighted by Gasteiger charge is -2.29. The number of nitrogens with one attached hydrogen (secondary N) is 1. The summed E-state index contributed by atoms with van der Waals surface area (Å²) in [5, 5.41) is 3.10. The first kappa shape index (κ1) is 21.7. The smallest absolute Gasteiger partial charge is 0.261 e. The van der Waals surface area contributed by atoms with Gasteiger partial charge in [0.15, 0.2) is 18.1 Å². The van der Waals surface area contributed by atoms with Crippen LogP contribution >= 0.6 is 0 Å². The van der Waals surface area contributed by atoms with Crippen molar-refractivity contribution in [2.45, 2.75) is 51.2 Å². The molecule has 2 amide bonds. The van der Waals surface area contributed by atoms with Crippen molar-refractivity contribution < 1.29 is 19.1 Å². The molecule has 1 aliphatic rings. The molecule has 2 aromatic carbocycles. The zero-order valence-corrected chi connectivity index (χ0v) is 17.7. The molecule has 30 heavy (non-hydrogen) atoms. The van der Waals surface area contributed by atoms with Gasteiger partial charge in [-0.2, -0.15) is 0 Å². The zero-order chi connectivity index (χ0) is 21.3. The van der Waals surface area contributed by atoms with Crippen LogP contribution in [0.25, 0.3) is 0 Å². The van der Waals surface area contributed by atoms with Gasteiger partial charge in [0.2, 0.25) is 5.91 Å². The molecule has 160 valence electrons. The monoisotopic (exact) mass is 410 g/mol. The SMILES string of the molecule is COc1ccccc1OCC(=O)N(Cc1ccccc1)C(C)C(=O)NC1CCCC1. The minimum atomic E-state index is -0.598. The third-order valence-corrected chi connectivity index (χ3v) is 5.48. The van der Waals surface area contributed by atoms with Gasteiger partial charge in [-0.15, -0.1) is 0 Å². The molecule has 3 rings (SSSR count). The van der Waals surface area contributed by atoms with Crippen LogP contribution in [0, 0.1) is 0 Å². The zero-order valence-electron chi connectivity index (χ0n) is 17.7. The lowest BCUT2D eigenvalue weighted by molar-refractivity contribution is -0.142. The van der Waals surface area contributed by atoms with E-state index in [0.29, 0.717) is 18.0 Å². The van der Waals surface area contributed by atoms with E-state index >= 15 is 0 Å². The summed E-state index contributed by atoms with van der Waals surface area (Å²) >= 11 is 0. The standard InChI is InChI=1S/C24H30N2O4/c1-18(24(28)25-20-12-6-7-13-20)26(16-19-10-4-3-5-11-19)23(27)17-30-22-15-9-8-14-21(22)29-2/h3-5,8-11,14-15,18,20H,6-7,12-13,16-17H2,1-2H3,(H,25,28). The molecule has 1 atom stereocenters. The summed E-state index contributed by atoms with van der Waals surface area (Å²) in [6, 6.07) is 16.5. The number of rotatable bonds is 9. The topological polar surface area (TPSA) is 67.9 Å². The van der Waals surface area contributed by atoms with Gasteiger partial charge in [-0.25, -0.2) is 0 Å². The van der Waals surface area contributed by atoms with Crippen LogP contribution in [0.5, 0.6) is 11.5 Å². The Kier molecular flexibility index (Phi) is 7.71. The predicted molar refractivity (Wildman–Crippen MR) is 115 cm³/mol. The van der Waals surface area contributed by atoms with Crippen molar-refractivity contribution in [2.75, 3.05) is 13.7 Å². The van der Waals surface area contributed by atoms with E-state index in [1.807, 2.05) is 42.5 Å². The summed E-state index contributed by atoms with van der Waals surface area (Å²) in [5.74, 6) is 0.685. The lowest BCUT2D eigenvalue weighted by atomic mass is 10.1. The van der Waals surface area contributed by atoms with Gasteiger partial charge in [0, 0.05) is 12.6 Å². The first-order chi connectivity index (χ1) is 14.6. The Balaban J connectivity index is 1.70. The Morgan fingerprint density at radius 3 is 2.33 bits per heavy atom. The van der Waals surface area contributed by atoms with Gasteiger partial charge in [-0.05, 0) is 37.5 Å². The van der Waals surface area contributed by atoms with Crippen LogP contribution in [-0.4, -0.2) is 42.5 Å². The van der Waals surface area contributed by atoms with Gasteiger partial charge in [-0.1, -0.05) is 55.3 Å². The number of carbonyl (C=O) groups excluding carboxylic acids is 2. The van der Waals surface area contributed by atoms with E-state index in [2.05, 4.69) is 5.32 Å². The molecule has 0 bridgehead atoms. The summed E-state index contributed by atoms with van der Waals surface area (Å²) in [7, 11) is 1.56. The molecule has 1 fully saturated rings. The molecule has 1 unspecified atom stereocenters. The van der Waals surface area contributed by atoms with E-state index in [1.165, 1.54) is 0 Å². The van der Waals surface area contributed by atoms with Crippen LogP contribution in [0.4, 0.5) is 0 Å². The second-order valence-electron chi connectivity index (χ2n) is 7.61. The van der Waals surface area contributed by atoms with E-state index in [9.17, 15) is 9.59 Å². The summed E-state index contributed by atoms with van der Waals surface area (Å²) in [6.07, 6.45) is 4.28. The van der Waals surface area contributed by atoms with Crippen molar-refractivity contribution in [1.29, 1.82) is 0 Å². The molecule has 0 aliphatic heterocycles. The average molecular weight is 411 g/mol. The van der Waals surface area contributed by atoms with Gasteiger partial charge in [0.25, 0.3) is 5.91 Å². The Morgan fingerprint density at radius 1 is 1.03 bits per heavy atom. The second-order valence-corrected chi connectivity index (χ2v) is 7.61. The first-order valence-electron chi connectivity index (χ1n) is 10.5. The predicted octanol–water partition coefficient (Wildman–Crippen LogP) is 3.55. The number of methoxy groups -OCH3 is 1. The number of amides is 2. The highest BCUT2D eigenvalue weighted by Crippen LogP contribution is 2.26. The fourth-order valence-corrected chi connectivity index (χ4v) is 3.72. The quantitative estimate of drug-likeness (QED) is 0.687. The fourth-order valence-electron chi connectivity index (χ4n) is 3.72. The summed E-state index contributed by atoms with van der Waals surface area (Å²) in [4.78, 5) is 27.5. The third-order valence-electron chi connectivity index (χ3n) is 5.48. The number of hydrogen-bond donors (Lipinski definition) is 1. The van der Waals surface area contributed by atoms with E-state index in [4.69, 9.17) is 9.47 Å². The number of benzene rings is 2. The molecule has 0 spiro atoms. The Bertz CT molecular complexity index is 834. The Labute approximate surface area is 178 Å². The van der Waals surface area contributed by atoms with E-state index in [-0.39, 0.29) is 24.5 Å². The van der Waals surface area contributed by atoms with Crippen LogP contribution < -0.4 is 14.8 Å². The molecule has 2 aromatic rings. The minimum absolute atomic E-state index is 0.122. The average Bonchev–Trinajstić information content (AvgIpc) is 3.29. The van der Waals surface area contributed by atoms with Gasteiger partial charge in [-0.3, -0.25) is 9.59 Å². The largest absolute Gasteiger partial charge is 0.493 e. The molecule has 0 saturated heterocycles. The third kappa shape index (κ3) is 5.75. The highest BCUT2D eigenvalue weighted by Gasteiger charge is 2.28. The van der Waals surface area contributed by atoms with Crippen molar-refractivity contribution in [1.82, 2.24) is 10.2 Å². The Morgan fingerprint density at radius 2 is 1.67 bits per heavy atom. The molecule has 6 heteroatoms. The van der Waals surface area contributed by atoms with Crippen LogP contribution in [-0.2, 0) is 16.1 Å². The first-order valence-corrected chi connectivity index (χ1v) is 10.5. The van der Waals surface area contributed by atoms with Crippen LogP contribution in [0.2, 0.25) is 0 Å². The second kappa shape index (κ2) is 10.7. The number of nitrogens with zero attached hydrogens (tertiary/aromatic N) is 1. The Hall–Kier alpha value is -3.02. The normalized spacial score (nSPS) is 14.7. The molecule has 0 heterocycles. The summed E-state index contributed by atoms with van der Waals surface area (Å²) in [5.41, 5.74) is 0.962. The maximum atomic E-state index is 13.1. The van der Waals surface area contributed by atoms with Crippen molar-refractivity contribution in [2.24, 2.45) is 0 Å². The highest BCUT2D eigenvalue weighted by molar-refractivity contribution is 5.88. The number of hydrogen-bond acceptors (Lipinski definition) is 4. The van der Waals surface area contributed by atoms with E-state index in [0.717, 1.165) is 31.2 Å². The van der Waals surface area contributed by atoms with Gasteiger partial charge >= 0.3 is 0 Å². The van der Waals surface area contributed by atoms with Gasteiger partial charge in [0.1, 0.15) is 6.04 Å². The lowest BCUT2D eigenvalue weighted by Crippen LogP contribution is -2.50. The molecule has 1 saturated carbocycles. The van der Waals surface area contributed by atoms with Crippen LogP contribution in [0.15, 0.2) is 54.6 Å². The van der Waals surface area contributed by atoms with Crippen LogP contribution in [0.3, 0.4) is 0 Å². The van der Waals surface area contributed by atoms with E-state index in [1.54, 1.807) is 31.1 Å². The molecule has 1 N–H and O–H groups in total. The summed E-state index contributed by atoms with van der Waals surface area (Å²) in [6.45, 7) is 1.94. The van der Waals surface area contributed by atoms with Crippen molar-refractivity contribution in [3.63, 3.8) is 0 Å². The molecule has 0 radical (unpaired) electrons. The highest BCUT2D eigenvalue weighted by atomic mass is 16.5. The molecule has 6 nitrogen and oxygen atoms in total. The number of ether oxygens (including phenoxy) is 2. The maximum absolute atomic E-state index is 13.1. The summed E-state index contributed by atoms with van der Waals surface area (Å²) < 4.78 is 11.0. The number of para-hydroxylation sites is 2. The van der Waals surface area contributed by atoms with E-state index < -0.39 is 6.04 Å². The van der Waals surface area contributed by atoms with Gasteiger partial charge < -0.3 is 19.7 Å². The molecule has 1 aliphatic carbocycles. The van der Waals surface area contributed by atoms with Crippen molar-refractivity contribution >= 4 is 11.8 Å². The minimum Gasteiger partial charge on any atom is -0.493 e. The van der Waals surface area contributed by atoms with Gasteiger partial charge in [0.05, 0.1) is 7.11 Å². The molecular formula is C24H30N2O4. The number of carbonyl (C=O) groups is 2. The molecule has 0 aromatic heterocycles. The van der Waals surface area contributed by atoms with Crippen molar-refractivity contribution in [3.05, 3.63) is 60.2 Å². The molecular weight excluding hydrogens is 380 g/mol. The van der Waals surface area contributed by atoms with Crippen molar-refractivity contribution in [3.8, 4) is 11.5 Å². The maximum Gasteiger partial charge on any atom is 0.261 e.